The molecule has 0 heterocycles. The molecule has 60 valence electrons. The summed E-state index contributed by atoms with van der Waals surface area (Å²) >= 11 is 0. The van der Waals surface area contributed by atoms with Crippen molar-refractivity contribution >= 4 is 5.97 Å². The number of hydrogen-bond donors (Lipinski definition) is 2. The smallest absolute Gasteiger partial charge is 0.323 e. The quantitative estimate of drug-likeness (QED) is 0.578. The Kier molecular flexibility index (Phi) is 3.32. The first-order valence-corrected chi connectivity index (χ1v) is 3.02. The van der Waals surface area contributed by atoms with Crippen molar-refractivity contribution in [1.82, 2.24) is 0 Å². The zero-order valence-corrected chi connectivity index (χ0v) is 6.26. The standard InChI is InChI=1S/C6H13NO3/c1-6(7,5(8)9)3-4-10-2/h3-4,7H2,1-2H3,(H,8,9). The zero-order valence-electron chi connectivity index (χ0n) is 6.26. The molecule has 0 saturated heterocycles. The molecule has 0 bridgehead atoms. The monoisotopic (exact) mass is 147 g/mol. The van der Waals surface area contributed by atoms with Gasteiger partial charge in [-0.25, -0.2) is 0 Å². The van der Waals surface area contributed by atoms with Crippen LogP contribution in [0.15, 0.2) is 0 Å². The largest absolute Gasteiger partial charge is 0.480 e. The minimum Gasteiger partial charge on any atom is -0.480 e. The number of aliphatic carboxylic acids is 1. The van der Waals surface area contributed by atoms with Crippen LogP contribution in [0.3, 0.4) is 0 Å². The fourth-order valence-corrected chi connectivity index (χ4v) is 0.421. The summed E-state index contributed by atoms with van der Waals surface area (Å²) in [6.07, 6.45) is 0.332. The maximum atomic E-state index is 10.3. The van der Waals surface area contributed by atoms with Gasteiger partial charge >= 0.3 is 5.97 Å². The van der Waals surface area contributed by atoms with Crippen molar-refractivity contribution in [1.29, 1.82) is 0 Å². The second-order valence-electron chi connectivity index (χ2n) is 2.47. The van der Waals surface area contributed by atoms with Crippen LogP contribution in [0.4, 0.5) is 0 Å². The van der Waals surface area contributed by atoms with Gasteiger partial charge in [-0.3, -0.25) is 4.79 Å². The Labute approximate surface area is 60.0 Å². The van der Waals surface area contributed by atoms with E-state index in [4.69, 9.17) is 10.8 Å². The Hall–Kier alpha value is -0.610. The van der Waals surface area contributed by atoms with E-state index in [1.165, 1.54) is 14.0 Å². The maximum Gasteiger partial charge on any atom is 0.323 e. The molecule has 0 spiro atoms. The third-order valence-electron chi connectivity index (χ3n) is 1.31. The highest BCUT2D eigenvalue weighted by atomic mass is 16.5. The summed E-state index contributed by atoms with van der Waals surface area (Å²) in [5.41, 5.74) is 4.21. The molecule has 0 amide bonds. The lowest BCUT2D eigenvalue weighted by Gasteiger charge is -2.17. The van der Waals surface area contributed by atoms with Gasteiger partial charge in [0, 0.05) is 13.7 Å². The normalized spacial score (nSPS) is 16.3. The van der Waals surface area contributed by atoms with E-state index in [2.05, 4.69) is 4.74 Å². The number of hydrogen-bond acceptors (Lipinski definition) is 3. The van der Waals surface area contributed by atoms with Gasteiger partial charge in [0.1, 0.15) is 5.54 Å². The average molecular weight is 147 g/mol. The predicted molar refractivity (Wildman–Crippen MR) is 36.7 cm³/mol. The number of nitrogens with two attached hydrogens (primary N) is 1. The fourth-order valence-electron chi connectivity index (χ4n) is 0.421. The number of carbonyl (C=O) groups is 1. The first-order chi connectivity index (χ1) is 4.50. The van der Waals surface area contributed by atoms with Crippen LogP contribution in [-0.4, -0.2) is 30.3 Å². The molecule has 4 heteroatoms. The molecule has 0 rings (SSSR count). The summed E-state index contributed by atoms with van der Waals surface area (Å²) in [4.78, 5) is 10.3. The highest BCUT2D eigenvalue weighted by molar-refractivity contribution is 5.77. The molecule has 0 fully saturated rings. The molecule has 4 nitrogen and oxygen atoms in total. The fraction of sp³-hybridized carbons (Fsp3) is 0.833. The van der Waals surface area contributed by atoms with Crippen molar-refractivity contribution < 1.29 is 14.6 Å². The van der Waals surface area contributed by atoms with Gasteiger partial charge in [0.05, 0.1) is 0 Å². The predicted octanol–water partition coefficient (Wildman–Crippen LogP) is -0.175. The second kappa shape index (κ2) is 3.53. The van der Waals surface area contributed by atoms with Crippen molar-refractivity contribution in [2.75, 3.05) is 13.7 Å². The number of carboxylic acid groups (broad SMARTS) is 1. The van der Waals surface area contributed by atoms with E-state index in [9.17, 15) is 4.79 Å². The van der Waals surface area contributed by atoms with Crippen LogP contribution >= 0.6 is 0 Å². The van der Waals surface area contributed by atoms with Gasteiger partial charge in [0.2, 0.25) is 0 Å². The maximum absolute atomic E-state index is 10.3. The van der Waals surface area contributed by atoms with Crippen LogP contribution in [0.25, 0.3) is 0 Å². The van der Waals surface area contributed by atoms with Crippen LogP contribution in [0.1, 0.15) is 13.3 Å². The van der Waals surface area contributed by atoms with Crippen LogP contribution < -0.4 is 5.73 Å². The van der Waals surface area contributed by atoms with Crippen LogP contribution in [0, 0.1) is 0 Å². The van der Waals surface area contributed by atoms with E-state index in [-0.39, 0.29) is 0 Å². The molecule has 0 radical (unpaired) electrons. The lowest BCUT2D eigenvalue weighted by atomic mass is 10.0. The Balaban J connectivity index is 3.75. The van der Waals surface area contributed by atoms with Gasteiger partial charge in [-0.1, -0.05) is 0 Å². The van der Waals surface area contributed by atoms with Crippen molar-refractivity contribution in [3.05, 3.63) is 0 Å². The molecular weight excluding hydrogens is 134 g/mol. The Morgan fingerprint density at radius 2 is 2.30 bits per heavy atom. The highest BCUT2D eigenvalue weighted by Crippen LogP contribution is 2.04. The first-order valence-electron chi connectivity index (χ1n) is 3.02. The molecule has 0 aliphatic heterocycles. The summed E-state index contributed by atoms with van der Waals surface area (Å²) in [7, 11) is 1.51. The lowest BCUT2D eigenvalue weighted by molar-refractivity contribution is -0.143. The summed E-state index contributed by atoms with van der Waals surface area (Å²) in [5, 5.41) is 8.49. The van der Waals surface area contributed by atoms with Crippen molar-refractivity contribution in [2.24, 2.45) is 5.73 Å². The zero-order chi connectivity index (χ0) is 8.20. The van der Waals surface area contributed by atoms with Gasteiger partial charge in [0.25, 0.3) is 0 Å². The molecule has 0 aromatic rings. The molecule has 0 saturated carbocycles. The molecule has 3 N–H and O–H groups in total. The first kappa shape index (κ1) is 9.39. The molecule has 0 aromatic heterocycles. The molecule has 0 aliphatic carbocycles. The van der Waals surface area contributed by atoms with E-state index in [0.29, 0.717) is 13.0 Å². The van der Waals surface area contributed by atoms with Gasteiger partial charge in [-0.2, -0.15) is 0 Å². The molecule has 10 heavy (non-hydrogen) atoms. The van der Waals surface area contributed by atoms with Gasteiger partial charge < -0.3 is 15.6 Å². The van der Waals surface area contributed by atoms with E-state index in [0.717, 1.165) is 0 Å². The third-order valence-corrected chi connectivity index (χ3v) is 1.31. The van der Waals surface area contributed by atoms with E-state index >= 15 is 0 Å². The minimum absolute atomic E-state index is 0.332. The topological polar surface area (TPSA) is 72.5 Å². The van der Waals surface area contributed by atoms with Crippen LogP contribution in [0.5, 0.6) is 0 Å². The summed E-state index contributed by atoms with van der Waals surface area (Å²) < 4.78 is 4.68. The molecule has 1 atom stereocenters. The number of rotatable bonds is 4. The average Bonchev–Trinajstić information content (AvgIpc) is 1.84. The molecule has 0 aromatic carbocycles. The Morgan fingerprint density at radius 3 is 2.60 bits per heavy atom. The summed E-state index contributed by atoms with van der Waals surface area (Å²) in [6, 6.07) is 0. The van der Waals surface area contributed by atoms with Crippen molar-refractivity contribution in [3.8, 4) is 0 Å². The molecular formula is C6H13NO3. The van der Waals surface area contributed by atoms with Gasteiger partial charge in [-0.15, -0.1) is 0 Å². The number of methoxy groups -OCH3 is 1. The molecule has 0 aliphatic rings. The number of carboxylic acids is 1. The Bertz CT molecular complexity index is 122. The SMILES string of the molecule is COCCC(C)(N)C(=O)O. The van der Waals surface area contributed by atoms with Gasteiger partial charge in [0.15, 0.2) is 0 Å². The Morgan fingerprint density at radius 1 is 1.80 bits per heavy atom. The van der Waals surface area contributed by atoms with Gasteiger partial charge in [-0.05, 0) is 13.3 Å². The van der Waals surface area contributed by atoms with E-state index in [1.54, 1.807) is 0 Å². The lowest BCUT2D eigenvalue weighted by Crippen LogP contribution is -2.45. The van der Waals surface area contributed by atoms with Crippen molar-refractivity contribution in [3.63, 3.8) is 0 Å². The minimum atomic E-state index is -1.16. The highest BCUT2D eigenvalue weighted by Gasteiger charge is 2.26. The second-order valence-corrected chi connectivity index (χ2v) is 2.47. The molecule has 1 unspecified atom stereocenters. The summed E-state index contributed by atoms with van der Waals surface area (Å²) in [6.45, 7) is 1.84. The summed E-state index contributed by atoms with van der Waals surface area (Å²) in [5.74, 6) is -0.996. The third kappa shape index (κ3) is 2.80. The van der Waals surface area contributed by atoms with E-state index in [1.807, 2.05) is 0 Å². The van der Waals surface area contributed by atoms with Crippen LogP contribution in [0.2, 0.25) is 0 Å². The van der Waals surface area contributed by atoms with Crippen LogP contribution in [-0.2, 0) is 9.53 Å². The number of ether oxygens (including phenoxy) is 1. The van der Waals surface area contributed by atoms with E-state index < -0.39 is 11.5 Å². The van der Waals surface area contributed by atoms with Crippen molar-refractivity contribution in [2.45, 2.75) is 18.9 Å².